The normalized spacial score (nSPS) is 24.8. The first-order chi connectivity index (χ1) is 12.6. The number of hydrogen-bond donors (Lipinski definition) is 2. The molecule has 1 fully saturated rings. The molecule has 0 heterocycles. The number of benzene rings is 2. The van der Waals surface area contributed by atoms with Gasteiger partial charge in [-0.05, 0) is 31.3 Å². The molecular weight excluding hydrogens is 334 g/mol. The second kappa shape index (κ2) is 8.12. The molecule has 0 amide bonds. The smallest absolute Gasteiger partial charge is 0.338 e. The maximum absolute atomic E-state index is 12.3. The molecule has 0 bridgehead atoms. The van der Waals surface area contributed by atoms with E-state index in [-0.39, 0.29) is 6.42 Å². The largest absolute Gasteiger partial charge is 0.457 e. The SMILES string of the molecule is CN[C@H]1[C@H](O)[C@H](OC(=O)c2ccccc2)C[C@@H]1OC(=O)c1ccccc1. The van der Waals surface area contributed by atoms with Gasteiger partial charge in [0.25, 0.3) is 0 Å². The summed E-state index contributed by atoms with van der Waals surface area (Å²) in [4.78, 5) is 24.5. The van der Waals surface area contributed by atoms with Gasteiger partial charge in [-0.15, -0.1) is 0 Å². The molecule has 0 radical (unpaired) electrons. The maximum Gasteiger partial charge on any atom is 0.338 e. The minimum Gasteiger partial charge on any atom is -0.457 e. The lowest BCUT2D eigenvalue weighted by atomic mass is 10.2. The number of ether oxygens (including phenoxy) is 2. The highest BCUT2D eigenvalue weighted by Crippen LogP contribution is 2.27. The van der Waals surface area contributed by atoms with Crippen LogP contribution in [0.2, 0.25) is 0 Å². The molecular formula is C20H21NO5. The van der Waals surface area contributed by atoms with E-state index in [0.717, 1.165) is 0 Å². The molecule has 6 nitrogen and oxygen atoms in total. The number of aliphatic hydroxyl groups excluding tert-OH is 1. The molecule has 2 N–H and O–H groups in total. The van der Waals surface area contributed by atoms with E-state index in [1.165, 1.54) is 0 Å². The number of hydrogen-bond acceptors (Lipinski definition) is 6. The van der Waals surface area contributed by atoms with E-state index in [1.807, 2.05) is 6.07 Å². The fourth-order valence-corrected chi connectivity index (χ4v) is 3.12. The fourth-order valence-electron chi connectivity index (χ4n) is 3.12. The van der Waals surface area contributed by atoms with Crippen molar-refractivity contribution in [2.75, 3.05) is 7.05 Å². The van der Waals surface area contributed by atoms with E-state index >= 15 is 0 Å². The molecule has 6 heteroatoms. The van der Waals surface area contributed by atoms with Crippen molar-refractivity contribution in [3.05, 3.63) is 71.8 Å². The van der Waals surface area contributed by atoms with Crippen molar-refractivity contribution in [2.45, 2.75) is 30.8 Å². The Morgan fingerprint density at radius 1 is 0.885 bits per heavy atom. The lowest BCUT2D eigenvalue weighted by molar-refractivity contribution is -0.0103. The van der Waals surface area contributed by atoms with Crippen molar-refractivity contribution in [2.24, 2.45) is 0 Å². The summed E-state index contributed by atoms with van der Waals surface area (Å²) in [5, 5.41) is 13.4. The second-order valence-electron chi connectivity index (χ2n) is 6.16. The van der Waals surface area contributed by atoms with Crippen molar-refractivity contribution in [3.63, 3.8) is 0 Å². The lowest BCUT2D eigenvalue weighted by Crippen LogP contribution is -2.44. The minimum atomic E-state index is -0.971. The molecule has 0 aliphatic heterocycles. The topological polar surface area (TPSA) is 84.9 Å². The Labute approximate surface area is 151 Å². The van der Waals surface area contributed by atoms with Crippen LogP contribution in [0.3, 0.4) is 0 Å². The van der Waals surface area contributed by atoms with E-state index in [0.29, 0.717) is 11.1 Å². The molecule has 4 atom stereocenters. The van der Waals surface area contributed by atoms with Crippen LogP contribution in [0.25, 0.3) is 0 Å². The molecule has 1 aliphatic carbocycles. The lowest BCUT2D eigenvalue weighted by Gasteiger charge is -2.21. The summed E-state index contributed by atoms with van der Waals surface area (Å²) in [5.74, 6) is -0.988. The molecule has 0 unspecified atom stereocenters. The predicted octanol–water partition coefficient (Wildman–Crippen LogP) is 1.79. The monoisotopic (exact) mass is 355 g/mol. The third-order valence-electron chi connectivity index (χ3n) is 4.48. The number of aliphatic hydroxyl groups is 1. The van der Waals surface area contributed by atoms with Crippen molar-refractivity contribution < 1.29 is 24.2 Å². The fraction of sp³-hybridized carbons (Fsp3) is 0.300. The molecule has 3 rings (SSSR count). The molecule has 0 saturated heterocycles. The zero-order valence-corrected chi connectivity index (χ0v) is 14.4. The number of carbonyl (C=O) groups excluding carboxylic acids is 2. The van der Waals surface area contributed by atoms with E-state index in [9.17, 15) is 14.7 Å². The van der Waals surface area contributed by atoms with Crippen LogP contribution < -0.4 is 5.32 Å². The van der Waals surface area contributed by atoms with Crippen LogP contribution in [0.1, 0.15) is 27.1 Å². The number of esters is 2. The summed E-state index contributed by atoms with van der Waals surface area (Å²) in [5.41, 5.74) is 0.840. The van der Waals surface area contributed by atoms with Crippen LogP contribution in [-0.4, -0.2) is 48.4 Å². The van der Waals surface area contributed by atoms with Crippen LogP contribution in [0, 0.1) is 0 Å². The summed E-state index contributed by atoms with van der Waals surface area (Å²) < 4.78 is 11.0. The molecule has 1 aliphatic rings. The van der Waals surface area contributed by atoms with Gasteiger partial charge in [-0.2, -0.15) is 0 Å². The summed E-state index contributed by atoms with van der Waals surface area (Å²) >= 11 is 0. The van der Waals surface area contributed by atoms with Gasteiger partial charge in [-0.1, -0.05) is 36.4 Å². The Morgan fingerprint density at radius 2 is 1.35 bits per heavy atom. The highest BCUT2D eigenvalue weighted by molar-refractivity contribution is 5.90. The summed E-state index contributed by atoms with van der Waals surface area (Å²) in [6.45, 7) is 0. The average molecular weight is 355 g/mol. The van der Waals surface area contributed by atoms with Gasteiger partial charge in [0.15, 0.2) is 0 Å². The third kappa shape index (κ3) is 3.92. The van der Waals surface area contributed by atoms with Gasteiger partial charge in [-0.25, -0.2) is 9.59 Å². The Kier molecular flexibility index (Phi) is 5.65. The van der Waals surface area contributed by atoms with Crippen molar-refractivity contribution in [3.8, 4) is 0 Å². The van der Waals surface area contributed by atoms with Gasteiger partial charge in [-0.3, -0.25) is 0 Å². The van der Waals surface area contributed by atoms with E-state index in [1.54, 1.807) is 61.6 Å². The van der Waals surface area contributed by atoms with Gasteiger partial charge in [0.2, 0.25) is 0 Å². The standard InChI is InChI=1S/C20H21NO5/c1-21-17-15(25-19(23)13-8-4-2-5-9-13)12-16(18(17)22)26-20(24)14-10-6-3-7-11-14/h2-11,15-18,21-22H,12H2,1H3/t15-,16+,17+,18+/m0/s1. The third-order valence-corrected chi connectivity index (χ3v) is 4.48. The van der Waals surface area contributed by atoms with E-state index in [4.69, 9.17) is 9.47 Å². The molecule has 0 spiro atoms. The number of likely N-dealkylation sites (N-methyl/N-ethyl adjacent to an activating group) is 1. The highest BCUT2D eigenvalue weighted by atomic mass is 16.6. The second-order valence-corrected chi connectivity index (χ2v) is 6.16. The van der Waals surface area contributed by atoms with E-state index in [2.05, 4.69) is 5.32 Å². The van der Waals surface area contributed by atoms with Gasteiger partial charge in [0, 0.05) is 6.42 Å². The molecule has 26 heavy (non-hydrogen) atoms. The first-order valence-electron chi connectivity index (χ1n) is 8.47. The first kappa shape index (κ1) is 18.1. The van der Waals surface area contributed by atoms with Crippen molar-refractivity contribution >= 4 is 11.9 Å². The molecule has 136 valence electrons. The summed E-state index contributed by atoms with van der Waals surface area (Å²) in [6, 6.07) is 16.7. The van der Waals surface area contributed by atoms with Gasteiger partial charge in [0.05, 0.1) is 17.2 Å². The Morgan fingerprint density at radius 3 is 1.81 bits per heavy atom. The zero-order valence-electron chi connectivity index (χ0n) is 14.4. The maximum atomic E-state index is 12.3. The average Bonchev–Trinajstić information content (AvgIpc) is 2.97. The van der Waals surface area contributed by atoms with Gasteiger partial charge in [0.1, 0.15) is 18.3 Å². The first-order valence-corrected chi connectivity index (χ1v) is 8.47. The molecule has 1 saturated carbocycles. The summed E-state index contributed by atoms with van der Waals surface area (Å²) in [7, 11) is 1.67. The predicted molar refractivity (Wildman–Crippen MR) is 94.8 cm³/mol. The molecule has 0 aromatic heterocycles. The number of carbonyl (C=O) groups is 2. The number of rotatable bonds is 5. The van der Waals surface area contributed by atoms with Gasteiger partial charge < -0.3 is 19.9 Å². The number of nitrogens with one attached hydrogen (secondary N) is 1. The Bertz CT molecular complexity index is 749. The quantitative estimate of drug-likeness (QED) is 0.796. The summed E-state index contributed by atoms with van der Waals surface area (Å²) in [6.07, 6.45) is -2.10. The molecule has 2 aromatic carbocycles. The van der Waals surface area contributed by atoms with Crippen molar-refractivity contribution in [1.29, 1.82) is 0 Å². The Hall–Kier alpha value is -2.70. The minimum absolute atomic E-state index is 0.226. The van der Waals surface area contributed by atoms with E-state index < -0.39 is 36.3 Å². The zero-order chi connectivity index (χ0) is 18.5. The molecule has 2 aromatic rings. The van der Waals surface area contributed by atoms with Crippen molar-refractivity contribution in [1.82, 2.24) is 5.32 Å². The van der Waals surface area contributed by atoms with Crippen LogP contribution in [0.15, 0.2) is 60.7 Å². The van der Waals surface area contributed by atoms with Crippen LogP contribution in [0.5, 0.6) is 0 Å². The van der Waals surface area contributed by atoms with Crippen LogP contribution in [-0.2, 0) is 9.47 Å². The van der Waals surface area contributed by atoms with Gasteiger partial charge >= 0.3 is 11.9 Å². The Balaban J connectivity index is 1.67. The highest BCUT2D eigenvalue weighted by Gasteiger charge is 2.46. The van der Waals surface area contributed by atoms with Crippen LogP contribution >= 0.6 is 0 Å². The van der Waals surface area contributed by atoms with Crippen LogP contribution in [0.4, 0.5) is 0 Å².